The van der Waals surface area contributed by atoms with E-state index in [1.165, 1.54) is 6.08 Å². The number of allylic oxidation sites excluding steroid dienone is 1. The maximum Gasteiger partial charge on any atom is 0.327 e. The number of rotatable bonds is 1. The SMILES string of the molecule is [13CH3]/[13CH]=[13CH]/[13C](=O)O. The second kappa shape index (κ2) is 2.45. The number of carbonyl (C=O) groups is 1. The van der Waals surface area contributed by atoms with Gasteiger partial charge in [0.15, 0.2) is 0 Å². The third-order valence-electron chi connectivity index (χ3n) is 0.309. The van der Waals surface area contributed by atoms with Gasteiger partial charge in [0.2, 0.25) is 0 Å². The summed E-state index contributed by atoms with van der Waals surface area (Å²) in [4.78, 5) is 9.51. The van der Waals surface area contributed by atoms with Gasteiger partial charge in [-0.1, -0.05) is 6.08 Å². The molecule has 34 valence electrons. The minimum absolute atomic E-state index is 0.891. The number of carboxylic acids is 1. The van der Waals surface area contributed by atoms with Crippen molar-refractivity contribution in [2.24, 2.45) is 0 Å². The van der Waals surface area contributed by atoms with Gasteiger partial charge in [0, 0.05) is 6.08 Å². The Morgan fingerprint density at radius 2 is 2.33 bits per heavy atom. The van der Waals surface area contributed by atoms with Crippen LogP contribution in [0.4, 0.5) is 0 Å². The average Bonchev–Trinajstić information content (AvgIpc) is 1.35. The summed E-state index contributed by atoms with van der Waals surface area (Å²) >= 11 is 0. The van der Waals surface area contributed by atoms with E-state index in [4.69, 9.17) is 5.11 Å². The van der Waals surface area contributed by atoms with Crippen LogP contribution in [-0.2, 0) is 4.79 Å². The van der Waals surface area contributed by atoms with Crippen molar-refractivity contribution in [1.29, 1.82) is 0 Å². The summed E-state index contributed by atoms with van der Waals surface area (Å²) in [5.41, 5.74) is 0. The lowest BCUT2D eigenvalue weighted by Crippen LogP contribution is -1.83. The van der Waals surface area contributed by atoms with Crippen molar-refractivity contribution in [3.63, 3.8) is 0 Å². The second-order valence-corrected chi connectivity index (χ2v) is 0.838. The van der Waals surface area contributed by atoms with Crippen molar-refractivity contribution in [1.82, 2.24) is 0 Å². The normalized spacial score (nSPS) is 9.50. The first-order valence-electron chi connectivity index (χ1n) is 1.63. The number of carboxylic acid groups (broad SMARTS) is 1. The van der Waals surface area contributed by atoms with Crippen LogP contribution < -0.4 is 0 Å². The van der Waals surface area contributed by atoms with Gasteiger partial charge in [-0.05, 0) is 6.92 Å². The van der Waals surface area contributed by atoms with Crippen LogP contribution in [-0.4, -0.2) is 11.1 Å². The van der Waals surface area contributed by atoms with Crippen LogP contribution in [0.1, 0.15) is 6.92 Å². The molecule has 0 heterocycles. The van der Waals surface area contributed by atoms with Gasteiger partial charge in [0.25, 0.3) is 0 Å². The fourth-order valence-electron chi connectivity index (χ4n) is 0.143. The zero-order valence-electron chi connectivity index (χ0n) is 3.51. The lowest BCUT2D eigenvalue weighted by Gasteiger charge is -1.68. The van der Waals surface area contributed by atoms with E-state index in [2.05, 4.69) is 0 Å². The highest BCUT2D eigenvalue weighted by Gasteiger charge is 1.76. The summed E-state index contributed by atoms with van der Waals surface area (Å²) in [7, 11) is 0. The van der Waals surface area contributed by atoms with E-state index < -0.39 is 5.97 Å². The molecule has 0 aromatic carbocycles. The molecule has 0 spiro atoms. The summed E-state index contributed by atoms with van der Waals surface area (Å²) in [5, 5.41) is 7.83. The van der Waals surface area contributed by atoms with Crippen molar-refractivity contribution in [3.05, 3.63) is 12.2 Å². The van der Waals surface area contributed by atoms with E-state index >= 15 is 0 Å². The van der Waals surface area contributed by atoms with Crippen molar-refractivity contribution in [2.75, 3.05) is 0 Å². The average molecular weight is 90.1 g/mol. The highest BCUT2D eigenvalue weighted by Crippen LogP contribution is 1.65. The van der Waals surface area contributed by atoms with Crippen LogP contribution in [0.25, 0.3) is 0 Å². The van der Waals surface area contributed by atoms with Gasteiger partial charge in [0.05, 0.1) is 0 Å². The van der Waals surface area contributed by atoms with Crippen molar-refractivity contribution in [3.8, 4) is 0 Å². The van der Waals surface area contributed by atoms with Gasteiger partial charge in [-0.25, -0.2) is 4.79 Å². The largest absolute Gasteiger partial charge is 0.478 e. The molecular weight excluding hydrogens is 84.0 g/mol. The summed E-state index contributed by atoms with van der Waals surface area (Å²) in [6.45, 7) is 1.66. The van der Waals surface area contributed by atoms with E-state index in [1.54, 1.807) is 6.92 Å². The molecule has 0 aromatic rings. The Labute approximate surface area is 36.1 Å². The van der Waals surface area contributed by atoms with Crippen molar-refractivity contribution < 1.29 is 9.90 Å². The second-order valence-electron chi connectivity index (χ2n) is 0.838. The van der Waals surface area contributed by atoms with Gasteiger partial charge >= 0.3 is 5.97 Å². The minimum Gasteiger partial charge on any atom is -0.478 e. The molecule has 0 atom stereocenters. The van der Waals surface area contributed by atoms with Crippen LogP contribution in [0, 0.1) is 0 Å². The molecule has 2 heteroatoms. The molecule has 0 amide bonds. The lowest BCUT2D eigenvalue weighted by molar-refractivity contribution is -0.131. The monoisotopic (exact) mass is 90.1 g/mol. The Hall–Kier alpha value is -0.790. The molecule has 0 saturated carbocycles. The zero-order chi connectivity index (χ0) is 4.99. The molecule has 0 rings (SSSR count). The van der Waals surface area contributed by atoms with Crippen LogP contribution in [0.15, 0.2) is 12.2 Å². The maximum absolute atomic E-state index is 9.51. The zero-order valence-corrected chi connectivity index (χ0v) is 3.51. The molecule has 0 fully saturated rings. The standard InChI is InChI=1S/C4H6O2/c1-2-3-4(5)6/h2-3H,1H3,(H,5,6)/b3-2+/i1+1,2+1,3+1,4+1. The summed E-state index contributed by atoms with van der Waals surface area (Å²) in [6, 6.07) is 0. The van der Waals surface area contributed by atoms with Crippen molar-refractivity contribution in [2.45, 2.75) is 6.92 Å². The number of hydrogen-bond donors (Lipinski definition) is 1. The van der Waals surface area contributed by atoms with Gasteiger partial charge in [-0.15, -0.1) is 0 Å². The molecular formula is C4H6O2. The molecule has 0 aliphatic carbocycles. The molecule has 1 N–H and O–H groups in total. The molecule has 0 aromatic heterocycles. The molecule has 0 bridgehead atoms. The van der Waals surface area contributed by atoms with E-state index in [-0.39, 0.29) is 0 Å². The third-order valence-corrected chi connectivity index (χ3v) is 0.309. The molecule has 0 aliphatic rings. The molecule has 0 aliphatic heterocycles. The Morgan fingerprint density at radius 3 is 2.33 bits per heavy atom. The Morgan fingerprint density at radius 1 is 1.83 bits per heavy atom. The summed E-state index contributed by atoms with van der Waals surface area (Å²) < 4.78 is 0. The quantitative estimate of drug-likeness (QED) is 0.379. The fourth-order valence-corrected chi connectivity index (χ4v) is 0.143. The van der Waals surface area contributed by atoms with E-state index in [9.17, 15) is 4.79 Å². The highest BCUT2D eigenvalue weighted by atomic mass is 16.5. The molecule has 0 unspecified atom stereocenters. The lowest BCUT2D eigenvalue weighted by atomic mass is 11.5. The van der Waals surface area contributed by atoms with Gasteiger partial charge in [-0.3, -0.25) is 0 Å². The van der Waals surface area contributed by atoms with Crippen LogP contribution in [0.2, 0.25) is 0 Å². The fraction of sp³-hybridized carbons (Fsp3) is 0.250. The highest BCUT2D eigenvalue weighted by molar-refractivity contribution is 5.79. The van der Waals surface area contributed by atoms with E-state index in [0.29, 0.717) is 0 Å². The smallest absolute Gasteiger partial charge is 0.327 e. The van der Waals surface area contributed by atoms with Gasteiger partial charge in [0.1, 0.15) is 0 Å². The van der Waals surface area contributed by atoms with Crippen LogP contribution in [0.5, 0.6) is 0 Å². The Bertz CT molecular complexity index is 73.6. The number of aliphatic carboxylic acids is 1. The first kappa shape index (κ1) is 5.21. The molecule has 2 nitrogen and oxygen atoms in total. The first-order valence-corrected chi connectivity index (χ1v) is 1.63. The Kier molecular flexibility index (Phi) is 2.13. The van der Waals surface area contributed by atoms with Crippen LogP contribution >= 0.6 is 0 Å². The topological polar surface area (TPSA) is 37.3 Å². The van der Waals surface area contributed by atoms with Gasteiger partial charge < -0.3 is 5.11 Å². The van der Waals surface area contributed by atoms with E-state index in [0.717, 1.165) is 6.08 Å². The van der Waals surface area contributed by atoms with Crippen molar-refractivity contribution >= 4 is 5.97 Å². The predicted octanol–water partition coefficient (Wildman–Crippen LogP) is 0.647. The van der Waals surface area contributed by atoms with E-state index in [1.807, 2.05) is 0 Å². The van der Waals surface area contributed by atoms with Gasteiger partial charge in [-0.2, -0.15) is 0 Å². The maximum atomic E-state index is 9.51. The summed E-state index contributed by atoms with van der Waals surface area (Å²) in [6.07, 6.45) is 2.56. The Balaban J connectivity index is 3.30. The number of hydrogen-bond acceptors (Lipinski definition) is 1. The minimum atomic E-state index is -0.891. The molecule has 0 radical (unpaired) electrons. The molecule has 0 saturated heterocycles. The third kappa shape index (κ3) is 3.21. The van der Waals surface area contributed by atoms with Crippen LogP contribution in [0.3, 0.4) is 0 Å². The summed E-state index contributed by atoms with van der Waals surface area (Å²) in [5.74, 6) is -0.891. The predicted molar refractivity (Wildman–Crippen MR) is 22.4 cm³/mol. The first-order chi connectivity index (χ1) is 2.77. The molecule has 6 heavy (non-hydrogen) atoms.